The summed E-state index contributed by atoms with van der Waals surface area (Å²) in [6, 6.07) is 49.5. The number of rotatable bonds is 19. The van der Waals surface area contributed by atoms with Gasteiger partial charge in [0.1, 0.15) is 37.1 Å². The Hall–Kier alpha value is -7.57. The van der Waals surface area contributed by atoms with E-state index in [2.05, 4.69) is 5.32 Å². The molecule has 16 nitrogen and oxygen atoms in total. The van der Waals surface area contributed by atoms with Crippen LogP contribution in [-0.2, 0) is 60.6 Å². The fourth-order valence-corrected chi connectivity index (χ4v) is 8.23. The zero-order chi connectivity index (χ0) is 50.2. The van der Waals surface area contributed by atoms with Crippen LogP contribution in [-0.4, -0.2) is 109 Å². The second kappa shape index (κ2) is 25.0. The molecule has 6 aromatic carbocycles. The van der Waals surface area contributed by atoms with Gasteiger partial charge >= 0.3 is 23.9 Å². The molecule has 2 fully saturated rings. The van der Waals surface area contributed by atoms with Crippen molar-refractivity contribution in [1.82, 2.24) is 5.32 Å². The summed E-state index contributed by atoms with van der Waals surface area (Å²) in [6.07, 6.45) is -13.2. The van der Waals surface area contributed by atoms with Crippen LogP contribution in [0.15, 0.2) is 182 Å². The maximum atomic E-state index is 14.2. The smallest absolute Gasteiger partial charge is 0.338 e. The number of carbonyl (C=O) groups excluding carboxylic acids is 5. The number of hydrogen-bond donors (Lipinski definition) is 2. The number of ether oxygens (including phenoxy) is 9. The van der Waals surface area contributed by atoms with E-state index in [4.69, 9.17) is 42.6 Å². The van der Waals surface area contributed by atoms with Gasteiger partial charge in [0.15, 0.2) is 30.9 Å². The molecule has 0 aliphatic carbocycles. The average Bonchev–Trinajstić information content (AvgIpc) is 3.42. The minimum absolute atomic E-state index is 0.0392. The van der Waals surface area contributed by atoms with Gasteiger partial charge in [0, 0.05) is 6.92 Å². The van der Waals surface area contributed by atoms with Gasteiger partial charge in [-0.25, -0.2) is 19.2 Å². The van der Waals surface area contributed by atoms with Gasteiger partial charge in [0.25, 0.3) is 0 Å². The number of carbonyl (C=O) groups is 5. The van der Waals surface area contributed by atoms with Crippen molar-refractivity contribution < 1.29 is 71.7 Å². The van der Waals surface area contributed by atoms with Crippen molar-refractivity contribution in [2.24, 2.45) is 0 Å². The molecule has 10 atom stereocenters. The Morgan fingerprint density at radius 3 is 1.29 bits per heavy atom. The summed E-state index contributed by atoms with van der Waals surface area (Å²) in [4.78, 5) is 68.5. The maximum Gasteiger partial charge on any atom is 0.338 e. The number of esters is 4. The molecule has 6 aromatic rings. The maximum absolute atomic E-state index is 14.2. The molecule has 2 heterocycles. The molecule has 0 spiro atoms. The van der Waals surface area contributed by atoms with Crippen LogP contribution in [0.3, 0.4) is 0 Å². The van der Waals surface area contributed by atoms with Gasteiger partial charge in [0.05, 0.1) is 42.1 Å². The molecule has 2 saturated heterocycles. The van der Waals surface area contributed by atoms with Crippen LogP contribution < -0.4 is 5.32 Å². The normalized spacial score (nSPS) is 23.7. The molecule has 2 aliphatic rings. The Morgan fingerprint density at radius 2 is 0.833 bits per heavy atom. The number of aliphatic hydroxyl groups excluding tert-OH is 1. The summed E-state index contributed by atoms with van der Waals surface area (Å²) in [6.45, 7) is 0.318. The number of benzene rings is 6. The minimum Gasteiger partial charge on any atom is -0.459 e. The van der Waals surface area contributed by atoms with Gasteiger partial charge in [-0.3, -0.25) is 4.79 Å². The van der Waals surface area contributed by atoms with E-state index in [9.17, 15) is 29.1 Å². The summed E-state index contributed by atoms with van der Waals surface area (Å²) in [5, 5.41) is 14.4. The summed E-state index contributed by atoms with van der Waals surface area (Å²) in [7, 11) is 0. The molecule has 8 rings (SSSR count). The van der Waals surface area contributed by atoms with Crippen LogP contribution in [0.2, 0.25) is 0 Å². The van der Waals surface area contributed by atoms with E-state index in [0.29, 0.717) is 0 Å². The van der Waals surface area contributed by atoms with Gasteiger partial charge in [-0.15, -0.1) is 0 Å². The Labute approximate surface area is 415 Å². The van der Waals surface area contributed by atoms with Gasteiger partial charge in [0.2, 0.25) is 5.91 Å². The quantitative estimate of drug-likeness (QED) is 0.0645. The van der Waals surface area contributed by atoms with Crippen LogP contribution in [0.4, 0.5) is 0 Å². The van der Waals surface area contributed by atoms with E-state index in [1.807, 2.05) is 60.7 Å². The topological polar surface area (TPSA) is 201 Å². The van der Waals surface area contributed by atoms with Crippen LogP contribution >= 0.6 is 0 Å². The minimum atomic E-state index is -1.71. The first-order chi connectivity index (χ1) is 35.1. The number of amides is 1. The molecule has 2 N–H and O–H groups in total. The lowest BCUT2D eigenvalue weighted by molar-refractivity contribution is -0.320. The van der Waals surface area contributed by atoms with E-state index in [0.717, 1.165) is 11.1 Å². The molecule has 0 saturated carbocycles. The van der Waals surface area contributed by atoms with E-state index < -0.39 is 104 Å². The van der Waals surface area contributed by atoms with Crippen molar-refractivity contribution in [3.63, 3.8) is 0 Å². The molecular formula is C56H53NO15. The van der Waals surface area contributed by atoms with Crippen molar-refractivity contribution in [3.05, 3.63) is 215 Å². The molecule has 0 radical (unpaired) electrons. The zero-order valence-corrected chi connectivity index (χ0v) is 39.1. The summed E-state index contributed by atoms with van der Waals surface area (Å²) in [5.74, 6) is -3.86. The molecule has 0 bridgehead atoms. The first kappa shape index (κ1) is 50.8. The average molecular weight is 980 g/mol. The monoisotopic (exact) mass is 979 g/mol. The number of hydrogen-bond acceptors (Lipinski definition) is 15. The lowest BCUT2D eigenvalue weighted by atomic mass is 9.95. The standard InChI is InChI=1S/C56H53NO15/c1-36(58)57-45-48(65-33-38-22-10-3-11-23-38)46(64-32-37-20-8-2-9-21-37)43(68-55(45)63)35-67-56-50(72-54(62)42-30-18-7-19-31-42)49(71-53(61)41-28-16-6-17-29-41)47(70-52(60)40-26-14-5-15-27-40)44(69-56)34-66-51(59)39-24-12-4-13-25-39/h2-31,43-50,55-56,63H,32-35H2,1H3,(H,57,58)/t43-,44-,45-,46-,47-,48-,49+,50-,55+,56+/m1/s1. The third-order valence-electron chi connectivity index (χ3n) is 11.8. The zero-order valence-electron chi connectivity index (χ0n) is 39.1. The van der Waals surface area contributed by atoms with Crippen LogP contribution in [0.1, 0.15) is 59.5 Å². The van der Waals surface area contributed by atoms with Crippen molar-refractivity contribution in [2.75, 3.05) is 13.2 Å². The lowest BCUT2D eigenvalue weighted by Gasteiger charge is -2.46. The Balaban J connectivity index is 1.18. The van der Waals surface area contributed by atoms with Crippen molar-refractivity contribution in [2.45, 2.75) is 81.5 Å². The molecule has 372 valence electrons. The third-order valence-corrected chi connectivity index (χ3v) is 11.8. The second-order valence-corrected chi connectivity index (χ2v) is 16.9. The third kappa shape index (κ3) is 13.4. The fourth-order valence-electron chi connectivity index (χ4n) is 8.23. The fraction of sp³-hybridized carbons (Fsp3) is 0.268. The highest BCUT2D eigenvalue weighted by molar-refractivity contribution is 5.91. The van der Waals surface area contributed by atoms with Gasteiger partial charge < -0.3 is 53.1 Å². The largest absolute Gasteiger partial charge is 0.459 e. The Kier molecular flexibility index (Phi) is 17.6. The van der Waals surface area contributed by atoms with E-state index in [1.165, 1.54) is 43.3 Å². The van der Waals surface area contributed by atoms with Crippen molar-refractivity contribution in [3.8, 4) is 0 Å². The molecule has 0 aromatic heterocycles. The Bertz CT molecular complexity index is 2680. The Morgan fingerprint density at radius 1 is 0.444 bits per heavy atom. The van der Waals surface area contributed by atoms with Gasteiger partial charge in [-0.2, -0.15) is 0 Å². The van der Waals surface area contributed by atoms with Crippen molar-refractivity contribution >= 4 is 29.8 Å². The van der Waals surface area contributed by atoms with Crippen LogP contribution in [0, 0.1) is 0 Å². The highest BCUT2D eigenvalue weighted by atomic mass is 16.7. The van der Waals surface area contributed by atoms with Crippen molar-refractivity contribution in [1.29, 1.82) is 0 Å². The second-order valence-electron chi connectivity index (χ2n) is 16.9. The first-order valence-corrected chi connectivity index (χ1v) is 23.3. The molecule has 1 amide bonds. The predicted molar refractivity (Wildman–Crippen MR) is 257 cm³/mol. The first-order valence-electron chi connectivity index (χ1n) is 23.3. The number of aliphatic hydroxyl groups is 1. The number of nitrogens with one attached hydrogen (secondary N) is 1. The molecule has 16 heteroatoms. The van der Waals surface area contributed by atoms with E-state index in [-0.39, 0.29) is 35.5 Å². The van der Waals surface area contributed by atoms with Crippen LogP contribution in [0.25, 0.3) is 0 Å². The lowest BCUT2D eigenvalue weighted by Crippen LogP contribution is -2.66. The summed E-state index contributed by atoms with van der Waals surface area (Å²) >= 11 is 0. The van der Waals surface area contributed by atoms with Gasteiger partial charge in [-0.05, 0) is 59.7 Å². The van der Waals surface area contributed by atoms with E-state index >= 15 is 0 Å². The highest BCUT2D eigenvalue weighted by Crippen LogP contribution is 2.34. The van der Waals surface area contributed by atoms with Crippen LogP contribution in [0.5, 0.6) is 0 Å². The highest BCUT2D eigenvalue weighted by Gasteiger charge is 2.55. The predicted octanol–water partition coefficient (Wildman–Crippen LogP) is 6.65. The summed E-state index contributed by atoms with van der Waals surface area (Å²) in [5.41, 5.74) is 2.13. The van der Waals surface area contributed by atoms with Gasteiger partial charge in [-0.1, -0.05) is 133 Å². The van der Waals surface area contributed by atoms with E-state index in [1.54, 1.807) is 84.9 Å². The molecular weight excluding hydrogens is 927 g/mol. The molecule has 2 aliphatic heterocycles. The summed E-state index contributed by atoms with van der Waals surface area (Å²) < 4.78 is 56.8. The molecule has 0 unspecified atom stereocenters. The SMILES string of the molecule is CC(=O)N[C@@H]1[C@@H](OCc2ccccc2)[C@H](OCc2ccccc2)[C@@H](CO[C@H]2O[C@H](COC(=O)c3ccccc3)[C@@H](OC(=O)c3ccccc3)[C@H](OC(=O)c3ccccc3)[C@H]2OC(=O)c2ccccc2)O[C@@H]1O. The molecule has 72 heavy (non-hydrogen) atoms.